The van der Waals surface area contributed by atoms with Gasteiger partial charge in [0.05, 0.1) is 10.5 Å². The number of hydrogen-bond donors (Lipinski definition) is 4. The summed E-state index contributed by atoms with van der Waals surface area (Å²) in [5, 5.41) is 13.7. The van der Waals surface area contributed by atoms with E-state index in [0.717, 1.165) is 5.56 Å². The highest BCUT2D eigenvalue weighted by molar-refractivity contribution is 5.56. The third kappa shape index (κ3) is 3.20. The van der Waals surface area contributed by atoms with Crippen molar-refractivity contribution in [2.24, 2.45) is 5.73 Å². The van der Waals surface area contributed by atoms with Crippen LogP contribution in [0.15, 0.2) is 35.1 Å². The summed E-state index contributed by atoms with van der Waals surface area (Å²) < 4.78 is 0. The highest BCUT2D eigenvalue weighted by atomic mass is 16.6. The van der Waals surface area contributed by atoms with Crippen molar-refractivity contribution in [3.05, 3.63) is 56.4 Å². The molecule has 1 unspecified atom stereocenters. The lowest BCUT2D eigenvalue weighted by Gasteiger charge is -2.25. The maximum absolute atomic E-state index is 11.6. The van der Waals surface area contributed by atoms with Gasteiger partial charge in [0.1, 0.15) is 0 Å². The highest BCUT2D eigenvalue weighted by Crippen LogP contribution is 2.21. The van der Waals surface area contributed by atoms with Crippen molar-refractivity contribution in [3.8, 4) is 0 Å². The van der Waals surface area contributed by atoms with E-state index in [1.165, 1.54) is 0 Å². The molecule has 0 saturated carbocycles. The van der Waals surface area contributed by atoms with E-state index < -0.39 is 21.7 Å². The smallest absolute Gasteiger partial charge is 0.369 e. The molecule has 2 rings (SSSR count). The van der Waals surface area contributed by atoms with Gasteiger partial charge in [-0.2, -0.15) is 4.98 Å². The maximum Gasteiger partial charge on any atom is 0.375 e. The molecular weight excluding hydrogens is 288 g/mol. The Labute approximate surface area is 125 Å². The Morgan fingerprint density at radius 2 is 2.05 bits per heavy atom. The van der Waals surface area contributed by atoms with Gasteiger partial charge in [0.2, 0.25) is 11.8 Å². The predicted octanol–water partition coefficient (Wildman–Crippen LogP) is 0.546. The lowest BCUT2D eigenvalue weighted by atomic mass is 9.93. The average molecular weight is 304 g/mol. The maximum atomic E-state index is 11.6. The van der Waals surface area contributed by atoms with Crippen molar-refractivity contribution in [1.82, 2.24) is 9.97 Å². The molecule has 0 aliphatic rings. The molecule has 0 radical (unpaired) electrons. The van der Waals surface area contributed by atoms with Gasteiger partial charge in [0, 0.05) is 6.54 Å². The fraction of sp³-hybridized carbons (Fsp3) is 0.231. The Bertz CT molecular complexity index is 741. The number of anilines is 2. The number of benzene rings is 1. The number of aromatic nitrogens is 2. The summed E-state index contributed by atoms with van der Waals surface area (Å²) in [5.74, 6) is -0.421. The quantitative estimate of drug-likeness (QED) is 0.464. The SMILES string of the molecule is CC(N)(CNc1nc(N)[nH]c(=O)c1[N+](=O)[O-])c1ccccc1. The Hall–Kier alpha value is -2.94. The molecule has 0 aliphatic carbocycles. The van der Waals surface area contributed by atoms with E-state index >= 15 is 0 Å². The van der Waals surface area contributed by atoms with Crippen LogP contribution in [0.5, 0.6) is 0 Å². The van der Waals surface area contributed by atoms with Crippen LogP contribution in [0.3, 0.4) is 0 Å². The summed E-state index contributed by atoms with van der Waals surface area (Å²) in [5.41, 5.74) is 10.0. The molecule has 1 aromatic heterocycles. The van der Waals surface area contributed by atoms with Crippen molar-refractivity contribution >= 4 is 17.5 Å². The molecule has 9 heteroatoms. The van der Waals surface area contributed by atoms with Gasteiger partial charge < -0.3 is 16.8 Å². The molecule has 9 nitrogen and oxygen atoms in total. The minimum absolute atomic E-state index is 0.133. The molecule has 6 N–H and O–H groups in total. The van der Waals surface area contributed by atoms with Gasteiger partial charge in [-0.3, -0.25) is 19.9 Å². The van der Waals surface area contributed by atoms with Gasteiger partial charge in [-0.05, 0) is 12.5 Å². The normalized spacial score (nSPS) is 13.4. The van der Waals surface area contributed by atoms with Crippen LogP contribution in [0.25, 0.3) is 0 Å². The molecule has 0 saturated heterocycles. The van der Waals surface area contributed by atoms with Crippen LogP contribution >= 0.6 is 0 Å². The van der Waals surface area contributed by atoms with Crippen molar-refractivity contribution in [2.45, 2.75) is 12.5 Å². The fourth-order valence-electron chi connectivity index (χ4n) is 1.97. The van der Waals surface area contributed by atoms with E-state index in [4.69, 9.17) is 11.5 Å². The third-order valence-corrected chi connectivity index (χ3v) is 3.15. The van der Waals surface area contributed by atoms with Crippen LogP contribution < -0.4 is 22.3 Å². The van der Waals surface area contributed by atoms with Crippen molar-refractivity contribution in [1.29, 1.82) is 0 Å². The monoisotopic (exact) mass is 304 g/mol. The first-order chi connectivity index (χ1) is 10.3. The van der Waals surface area contributed by atoms with Gasteiger partial charge in [-0.1, -0.05) is 30.3 Å². The fourth-order valence-corrected chi connectivity index (χ4v) is 1.97. The Morgan fingerprint density at radius 3 is 2.64 bits per heavy atom. The van der Waals surface area contributed by atoms with Crippen molar-refractivity contribution in [2.75, 3.05) is 17.6 Å². The largest absolute Gasteiger partial charge is 0.375 e. The minimum atomic E-state index is -0.918. The number of rotatable bonds is 5. The molecule has 116 valence electrons. The summed E-state index contributed by atoms with van der Waals surface area (Å²) >= 11 is 0. The predicted molar refractivity (Wildman–Crippen MR) is 82.4 cm³/mol. The number of nitrogens with zero attached hydrogens (tertiary/aromatic N) is 2. The molecule has 0 bridgehead atoms. The van der Waals surface area contributed by atoms with Crippen LogP contribution in [0.4, 0.5) is 17.5 Å². The van der Waals surface area contributed by atoms with E-state index in [9.17, 15) is 14.9 Å². The zero-order valence-corrected chi connectivity index (χ0v) is 11.9. The van der Waals surface area contributed by atoms with Gasteiger partial charge in [0.15, 0.2) is 0 Å². The lowest BCUT2D eigenvalue weighted by molar-refractivity contribution is -0.385. The summed E-state index contributed by atoms with van der Waals surface area (Å²) in [7, 11) is 0. The van der Waals surface area contributed by atoms with Crippen molar-refractivity contribution in [3.63, 3.8) is 0 Å². The first kappa shape index (κ1) is 15.4. The molecule has 1 aromatic carbocycles. The third-order valence-electron chi connectivity index (χ3n) is 3.15. The van der Waals surface area contributed by atoms with Crippen LogP contribution in [-0.2, 0) is 5.54 Å². The van der Waals surface area contributed by atoms with E-state index in [1.54, 1.807) is 6.92 Å². The van der Waals surface area contributed by atoms with Gasteiger partial charge >= 0.3 is 11.2 Å². The van der Waals surface area contributed by atoms with E-state index in [1.807, 2.05) is 30.3 Å². The number of nitro groups is 1. The molecule has 0 aliphatic heterocycles. The second kappa shape index (κ2) is 5.82. The number of hydrogen-bond acceptors (Lipinski definition) is 7. The van der Waals surface area contributed by atoms with E-state index in [2.05, 4.69) is 15.3 Å². The average Bonchev–Trinajstić information content (AvgIpc) is 2.45. The van der Waals surface area contributed by atoms with E-state index in [0.29, 0.717) is 0 Å². The van der Waals surface area contributed by atoms with Crippen LogP contribution in [0.1, 0.15) is 12.5 Å². The molecule has 22 heavy (non-hydrogen) atoms. The number of nitrogens with one attached hydrogen (secondary N) is 2. The summed E-state index contributed by atoms with van der Waals surface area (Å²) in [6.07, 6.45) is 0. The number of aromatic amines is 1. The van der Waals surface area contributed by atoms with Gasteiger partial charge in [-0.25, -0.2) is 0 Å². The second-order valence-electron chi connectivity index (χ2n) is 5.04. The van der Waals surface area contributed by atoms with Crippen LogP contribution in [0, 0.1) is 10.1 Å². The minimum Gasteiger partial charge on any atom is -0.369 e. The topological polar surface area (TPSA) is 153 Å². The summed E-state index contributed by atoms with van der Waals surface area (Å²) in [4.78, 5) is 27.6. The van der Waals surface area contributed by atoms with Gasteiger partial charge in [0.25, 0.3) is 0 Å². The molecule has 2 aromatic rings. The molecule has 0 spiro atoms. The molecule has 1 atom stereocenters. The first-order valence-electron chi connectivity index (χ1n) is 6.44. The molecular formula is C13H16N6O3. The lowest BCUT2D eigenvalue weighted by Crippen LogP contribution is -2.40. The second-order valence-corrected chi connectivity index (χ2v) is 5.04. The zero-order valence-electron chi connectivity index (χ0n) is 11.9. The summed E-state index contributed by atoms with van der Waals surface area (Å²) in [6, 6.07) is 9.22. The van der Waals surface area contributed by atoms with Crippen LogP contribution in [-0.4, -0.2) is 21.4 Å². The van der Waals surface area contributed by atoms with Crippen molar-refractivity contribution < 1.29 is 4.92 Å². The van der Waals surface area contributed by atoms with Gasteiger partial charge in [-0.15, -0.1) is 0 Å². The highest BCUT2D eigenvalue weighted by Gasteiger charge is 2.26. The zero-order chi connectivity index (χ0) is 16.3. The van der Waals surface area contributed by atoms with E-state index in [-0.39, 0.29) is 18.3 Å². The number of nitrogen functional groups attached to an aromatic ring is 1. The van der Waals surface area contributed by atoms with Crippen LogP contribution in [0.2, 0.25) is 0 Å². The number of nitrogens with two attached hydrogens (primary N) is 2. The molecule has 0 amide bonds. The molecule has 0 fully saturated rings. The summed E-state index contributed by atoms with van der Waals surface area (Å²) in [6.45, 7) is 1.89. The Balaban J connectivity index is 2.29. The number of H-pyrrole nitrogens is 1. The Kier molecular flexibility index (Phi) is 4.08. The Morgan fingerprint density at radius 1 is 1.41 bits per heavy atom. The molecule has 1 heterocycles. The first-order valence-corrected chi connectivity index (χ1v) is 6.44. The standard InChI is InChI=1S/C13H16N6O3/c1-13(15,8-5-3-2-4-6-8)7-16-10-9(19(21)22)11(20)18-12(14)17-10/h2-6H,7,15H2,1H3,(H4,14,16,17,18,20).